The van der Waals surface area contributed by atoms with Crippen molar-refractivity contribution in [1.82, 2.24) is 15.2 Å². The molecular weight excluding hydrogens is 392 g/mol. The number of nitrogens with zero attached hydrogens (tertiary/aromatic N) is 3. The van der Waals surface area contributed by atoms with Gasteiger partial charge in [0.15, 0.2) is 5.13 Å². The number of benzene rings is 1. The van der Waals surface area contributed by atoms with Gasteiger partial charge in [0.25, 0.3) is 0 Å². The molecule has 1 aromatic carbocycles. The Kier molecular flexibility index (Phi) is 7.61. The highest BCUT2D eigenvalue weighted by Gasteiger charge is 2.26. The number of rotatable bonds is 7. The van der Waals surface area contributed by atoms with E-state index in [-0.39, 0.29) is 11.8 Å². The highest BCUT2D eigenvalue weighted by molar-refractivity contribution is 7.22. The zero-order valence-corrected chi connectivity index (χ0v) is 19.2. The third-order valence-corrected chi connectivity index (χ3v) is 7.71. The van der Waals surface area contributed by atoms with Crippen molar-refractivity contribution in [3.63, 3.8) is 0 Å². The lowest BCUT2D eigenvalue weighted by molar-refractivity contribution is -0.125. The third kappa shape index (κ3) is 5.52. The number of aryl methyl sites for hydroxylation is 1. The van der Waals surface area contributed by atoms with Crippen molar-refractivity contribution in [2.75, 3.05) is 44.2 Å². The summed E-state index contributed by atoms with van der Waals surface area (Å²) in [5, 5.41) is 4.31. The van der Waals surface area contributed by atoms with Crippen molar-refractivity contribution in [2.45, 2.75) is 58.3 Å². The summed E-state index contributed by atoms with van der Waals surface area (Å²) in [6.07, 6.45) is 9.39. The number of piperidine rings is 1. The van der Waals surface area contributed by atoms with Crippen molar-refractivity contribution < 1.29 is 4.79 Å². The molecule has 0 spiro atoms. The van der Waals surface area contributed by atoms with Crippen LogP contribution in [0.4, 0.5) is 5.13 Å². The van der Waals surface area contributed by atoms with Crippen LogP contribution in [0.15, 0.2) is 18.2 Å². The summed E-state index contributed by atoms with van der Waals surface area (Å²) >= 11 is 1.78. The lowest BCUT2D eigenvalue weighted by Gasteiger charge is -2.31. The van der Waals surface area contributed by atoms with Crippen LogP contribution in [0.25, 0.3) is 10.2 Å². The molecule has 5 nitrogen and oxygen atoms in total. The minimum Gasteiger partial charge on any atom is -0.356 e. The highest BCUT2D eigenvalue weighted by Crippen LogP contribution is 2.32. The Balaban J connectivity index is 1.20. The third-order valence-electron chi connectivity index (χ3n) is 6.64. The van der Waals surface area contributed by atoms with Crippen molar-refractivity contribution in [2.24, 2.45) is 5.92 Å². The monoisotopic (exact) mass is 428 g/mol. The fraction of sp³-hybridized carbons (Fsp3) is 0.667. The summed E-state index contributed by atoms with van der Waals surface area (Å²) in [7, 11) is 0. The number of amides is 1. The predicted octanol–water partition coefficient (Wildman–Crippen LogP) is 4.46. The molecule has 0 aliphatic carbocycles. The molecule has 30 heavy (non-hydrogen) atoms. The zero-order valence-electron chi connectivity index (χ0n) is 18.4. The van der Waals surface area contributed by atoms with E-state index in [1.165, 1.54) is 49.0 Å². The number of carbonyl (C=O) groups excluding carboxylic acids is 1. The van der Waals surface area contributed by atoms with Gasteiger partial charge in [0.1, 0.15) is 0 Å². The second-order valence-corrected chi connectivity index (χ2v) is 9.82. The minimum atomic E-state index is 0.153. The van der Waals surface area contributed by atoms with E-state index in [1.54, 1.807) is 11.3 Å². The first-order chi connectivity index (χ1) is 14.7. The molecule has 6 heteroatoms. The van der Waals surface area contributed by atoms with Gasteiger partial charge in [-0.2, -0.15) is 0 Å². The van der Waals surface area contributed by atoms with Crippen molar-refractivity contribution in [1.29, 1.82) is 0 Å². The van der Waals surface area contributed by atoms with Crippen LogP contribution in [-0.4, -0.2) is 55.1 Å². The number of aromatic nitrogens is 1. The molecule has 164 valence electrons. The first-order valence-corrected chi connectivity index (χ1v) is 12.7. The summed E-state index contributed by atoms with van der Waals surface area (Å²) in [6.45, 7) is 8.44. The van der Waals surface area contributed by atoms with Gasteiger partial charge in [0, 0.05) is 25.6 Å². The second-order valence-electron chi connectivity index (χ2n) is 8.81. The fourth-order valence-corrected chi connectivity index (χ4v) is 5.74. The molecule has 0 unspecified atom stereocenters. The van der Waals surface area contributed by atoms with Crippen LogP contribution in [-0.2, 0) is 11.2 Å². The Labute approximate surface area is 184 Å². The van der Waals surface area contributed by atoms with Crippen molar-refractivity contribution >= 4 is 32.6 Å². The summed E-state index contributed by atoms with van der Waals surface area (Å²) in [5.74, 6) is 0.405. The smallest absolute Gasteiger partial charge is 0.223 e. The van der Waals surface area contributed by atoms with E-state index in [9.17, 15) is 4.79 Å². The number of fused-ring (bicyclic) bond motifs is 1. The van der Waals surface area contributed by atoms with E-state index in [0.717, 1.165) is 62.5 Å². The van der Waals surface area contributed by atoms with E-state index in [2.05, 4.69) is 40.2 Å². The molecule has 4 rings (SSSR count). The molecular formula is C24H36N4OS. The van der Waals surface area contributed by atoms with Crippen LogP contribution in [0, 0.1) is 5.92 Å². The Bertz CT molecular complexity index is 820. The minimum absolute atomic E-state index is 0.153. The second kappa shape index (κ2) is 10.6. The maximum atomic E-state index is 12.6. The van der Waals surface area contributed by atoms with E-state index in [4.69, 9.17) is 4.98 Å². The fourth-order valence-electron chi connectivity index (χ4n) is 4.66. The van der Waals surface area contributed by atoms with E-state index < -0.39 is 0 Å². The molecule has 0 bridgehead atoms. The molecule has 1 aromatic heterocycles. The van der Waals surface area contributed by atoms with Gasteiger partial charge in [-0.3, -0.25) is 4.79 Å². The molecule has 2 aliphatic heterocycles. The number of likely N-dealkylation sites (tertiary alicyclic amines) is 1. The predicted molar refractivity (Wildman–Crippen MR) is 126 cm³/mol. The normalized spacial score (nSPS) is 19.2. The zero-order chi connectivity index (χ0) is 20.8. The standard InChI is InChI=1S/C24H36N4OS/c1-2-19-8-9-21-22(18-19)30-24(26-21)28-16-10-20(11-17-28)23(29)25-12-7-15-27-13-5-3-4-6-14-27/h8-9,18,20H,2-7,10-17H2,1H3,(H,25,29). The van der Waals surface area contributed by atoms with Gasteiger partial charge in [0.05, 0.1) is 10.2 Å². The van der Waals surface area contributed by atoms with Gasteiger partial charge >= 0.3 is 0 Å². The highest BCUT2D eigenvalue weighted by atomic mass is 32.1. The summed E-state index contributed by atoms with van der Waals surface area (Å²) < 4.78 is 1.27. The van der Waals surface area contributed by atoms with Crippen LogP contribution in [0.1, 0.15) is 57.4 Å². The largest absolute Gasteiger partial charge is 0.356 e. The number of carbonyl (C=O) groups is 1. The summed E-state index contributed by atoms with van der Waals surface area (Å²) in [6, 6.07) is 6.58. The van der Waals surface area contributed by atoms with Crippen LogP contribution < -0.4 is 10.2 Å². The van der Waals surface area contributed by atoms with Gasteiger partial charge < -0.3 is 15.1 Å². The lowest BCUT2D eigenvalue weighted by Crippen LogP contribution is -2.41. The first kappa shape index (κ1) is 21.6. The SMILES string of the molecule is CCc1ccc2nc(N3CCC(C(=O)NCCCN4CCCCCC4)CC3)sc2c1. The van der Waals surface area contributed by atoms with Gasteiger partial charge in [-0.1, -0.05) is 37.2 Å². The molecule has 0 saturated carbocycles. The van der Waals surface area contributed by atoms with Crippen LogP contribution in [0.2, 0.25) is 0 Å². The maximum Gasteiger partial charge on any atom is 0.223 e. The van der Waals surface area contributed by atoms with Crippen molar-refractivity contribution in [3.05, 3.63) is 23.8 Å². The Morgan fingerprint density at radius 2 is 1.90 bits per heavy atom. The Hall–Kier alpha value is -1.66. The Morgan fingerprint density at radius 1 is 1.13 bits per heavy atom. The number of nitrogens with one attached hydrogen (secondary N) is 1. The lowest BCUT2D eigenvalue weighted by atomic mass is 9.96. The van der Waals surface area contributed by atoms with E-state index in [0.29, 0.717) is 0 Å². The van der Waals surface area contributed by atoms with E-state index >= 15 is 0 Å². The van der Waals surface area contributed by atoms with Crippen molar-refractivity contribution in [3.8, 4) is 0 Å². The van der Waals surface area contributed by atoms with Gasteiger partial charge in [0.2, 0.25) is 5.91 Å². The molecule has 2 saturated heterocycles. The summed E-state index contributed by atoms with van der Waals surface area (Å²) in [5.41, 5.74) is 2.46. The van der Waals surface area contributed by atoms with Crippen LogP contribution in [0.3, 0.4) is 0 Å². The van der Waals surface area contributed by atoms with Gasteiger partial charge in [-0.05, 0) is 75.9 Å². The molecule has 1 amide bonds. The molecule has 0 radical (unpaired) electrons. The quantitative estimate of drug-likeness (QED) is 0.662. The van der Waals surface area contributed by atoms with Gasteiger partial charge in [-0.25, -0.2) is 4.98 Å². The number of hydrogen-bond acceptors (Lipinski definition) is 5. The first-order valence-electron chi connectivity index (χ1n) is 11.9. The molecule has 0 atom stereocenters. The molecule has 3 heterocycles. The molecule has 2 fully saturated rings. The average Bonchev–Trinajstić information content (AvgIpc) is 3.04. The Morgan fingerprint density at radius 3 is 2.63 bits per heavy atom. The maximum absolute atomic E-state index is 12.6. The molecule has 1 N–H and O–H groups in total. The van der Waals surface area contributed by atoms with Crippen LogP contribution in [0.5, 0.6) is 0 Å². The number of anilines is 1. The molecule has 2 aliphatic rings. The molecule has 2 aromatic rings. The number of hydrogen-bond donors (Lipinski definition) is 1. The van der Waals surface area contributed by atoms with E-state index in [1.807, 2.05) is 0 Å². The topological polar surface area (TPSA) is 48.5 Å². The number of thiazole rings is 1. The van der Waals surface area contributed by atoms with Gasteiger partial charge in [-0.15, -0.1) is 0 Å². The summed E-state index contributed by atoms with van der Waals surface area (Å²) in [4.78, 5) is 22.4. The van der Waals surface area contributed by atoms with Crippen LogP contribution >= 0.6 is 11.3 Å². The average molecular weight is 429 g/mol.